The van der Waals surface area contributed by atoms with Gasteiger partial charge >= 0.3 is 5.97 Å². The van der Waals surface area contributed by atoms with Gasteiger partial charge < -0.3 is 14.7 Å². The van der Waals surface area contributed by atoms with E-state index in [1.165, 1.54) is 5.56 Å². The molecule has 1 aromatic rings. The Morgan fingerprint density at radius 3 is 2.70 bits per heavy atom. The topological polar surface area (TPSA) is 66.8 Å². The van der Waals surface area contributed by atoms with Crippen molar-refractivity contribution in [3.8, 4) is 0 Å². The predicted octanol–water partition coefficient (Wildman–Crippen LogP) is 1.93. The molecule has 3 heterocycles. The van der Waals surface area contributed by atoms with Crippen molar-refractivity contribution in [1.82, 2.24) is 0 Å². The van der Waals surface area contributed by atoms with Gasteiger partial charge in [0.1, 0.15) is 5.92 Å². The standard InChI is InChI=1S/C18H19NO4/c1-10-4-5-12-11(9-10)3-2-8-19(12)17(20)15-13-6-7-14(23-13)16(15)18(21)22/h4-7,9,13-16H,2-3,8H2,1H3,(H,21,22)/t13-,14-,15+,16-/m1/s1. The fourth-order valence-corrected chi connectivity index (χ4v) is 4.03. The molecule has 0 aliphatic carbocycles. The molecule has 2 bridgehead atoms. The molecule has 120 valence electrons. The summed E-state index contributed by atoms with van der Waals surface area (Å²) < 4.78 is 5.64. The number of nitrogens with zero attached hydrogens (tertiary/aromatic N) is 1. The quantitative estimate of drug-likeness (QED) is 0.847. The van der Waals surface area contributed by atoms with Crippen LogP contribution in [0.4, 0.5) is 5.69 Å². The van der Waals surface area contributed by atoms with Gasteiger partial charge in [-0.05, 0) is 31.4 Å². The summed E-state index contributed by atoms with van der Waals surface area (Å²) in [5, 5.41) is 9.50. The minimum atomic E-state index is -0.957. The highest BCUT2D eigenvalue weighted by atomic mass is 16.5. The molecule has 5 heteroatoms. The lowest BCUT2D eigenvalue weighted by atomic mass is 9.81. The number of fused-ring (bicyclic) bond motifs is 3. The normalized spacial score (nSPS) is 31.3. The summed E-state index contributed by atoms with van der Waals surface area (Å²) in [6.07, 6.45) is 4.55. The van der Waals surface area contributed by atoms with Crippen LogP contribution in [0.3, 0.4) is 0 Å². The van der Waals surface area contributed by atoms with Crippen LogP contribution in [0.15, 0.2) is 30.4 Å². The van der Waals surface area contributed by atoms with Crippen molar-refractivity contribution in [2.45, 2.75) is 32.0 Å². The fraction of sp³-hybridized carbons (Fsp3) is 0.444. The summed E-state index contributed by atoms with van der Waals surface area (Å²) in [4.78, 5) is 26.5. The Morgan fingerprint density at radius 2 is 1.96 bits per heavy atom. The third-order valence-corrected chi connectivity index (χ3v) is 5.09. The molecular formula is C18H19NO4. The van der Waals surface area contributed by atoms with Crippen molar-refractivity contribution in [3.05, 3.63) is 41.5 Å². The van der Waals surface area contributed by atoms with E-state index in [4.69, 9.17) is 4.74 Å². The zero-order chi connectivity index (χ0) is 16.1. The van der Waals surface area contributed by atoms with E-state index < -0.39 is 30.0 Å². The highest BCUT2D eigenvalue weighted by molar-refractivity contribution is 5.99. The summed E-state index contributed by atoms with van der Waals surface area (Å²) in [7, 11) is 0. The minimum absolute atomic E-state index is 0.126. The first kappa shape index (κ1) is 14.5. The number of benzene rings is 1. The Bertz CT molecular complexity index is 711. The van der Waals surface area contributed by atoms with Crippen LogP contribution in [0.1, 0.15) is 17.5 Å². The Morgan fingerprint density at radius 1 is 1.22 bits per heavy atom. The number of carboxylic acids is 1. The number of rotatable bonds is 2. The molecule has 0 unspecified atom stereocenters. The first-order chi connectivity index (χ1) is 11.1. The van der Waals surface area contributed by atoms with Crippen molar-refractivity contribution < 1.29 is 19.4 Å². The number of anilines is 1. The number of carboxylic acid groups (broad SMARTS) is 1. The molecule has 23 heavy (non-hydrogen) atoms. The largest absolute Gasteiger partial charge is 0.481 e. The summed E-state index contributed by atoms with van der Waals surface area (Å²) in [6.45, 7) is 2.68. The van der Waals surface area contributed by atoms with Gasteiger partial charge in [-0.25, -0.2) is 0 Å². The van der Waals surface area contributed by atoms with Gasteiger partial charge in [0, 0.05) is 12.2 Å². The maximum absolute atomic E-state index is 13.1. The van der Waals surface area contributed by atoms with Crippen LogP contribution in [0.2, 0.25) is 0 Å². The maximum Gasteiger partial charge on any atom is 0.310 e. The second-order valence-corrected chi connectivity index (χ2v) is 6.57. The summed E-state index contributed by atoms with van der Waals surface area (Å²) in [5.74, 6) is -2.50. The molecule has 3 aliphatic rings. The van der Waals surface area contributed by atoms with Gasteiger partial charge in [-0.3, -0.25) is 9.59 Å². The first-order valence-corrected chi connectivity index (χ1v) is 8.04. The highest BCUT2D eigenvalue weighted by Gasteiger charge is 2.54. The molecule has 4 atom stereocenters. The van der Waals surface area contributed by atoms with Crippen LogP contribution in [-0.2, 0) is 20.7 Å². The minimum Gasteiger partial charge on any atom is -0.481 e. The fourth-order valence-electron chi connectivity index (χ4n) is 4.03. The van der Waals surface area contributed by atoms with Gasteiger partial charge in [0.25, 0.3) is 0 Å². The average Bonchev–Trinajstić information content (AvgIpc) is 3.14. The van der Waals surface area contributed by atoms with E-state index in [-0.39, 0.29) is 5.91 Å². The Labute approximate surface area is 134 Å². The van der Waals surface area contributed by atoms with Crippen molar-refractivity contribution in [3.63, 3.8) is 0 Å². The van der Waals surface area contributed by atoms with Crippen LogP contribution in [0.25, 0.3) is 0 Å². The van der Waals surface area contributed by atoms with E-state index >= 15 is 0 Å². The zero-order valence-corrected chi connectivity index (χ0v) is 12.9. The van der Waals surface area contributed by atoms with Gasteiger partial charge in [-0.1, -0.05) is 29.8 Å². The molecule has 1 amide bonds. The third kappa shape index (κ3) is 2.18. The molecule has 0 saturated carbocycles. The van der Waals surface area contributed by atoms with E-state index in [1.807, 2.05) is 25.1 Å². The first-order valence-electron chi connectivity index (χ1n) is 8.04. The third-order valence-electron chi connectivity index (χ3n) is 5.09. The molecule has 0 radical (unpaired) electrons. The van der Waals surface area contributed by atoms with Crippen molar-refractivity contribution in [2.24, 2.45) is 11.8 Å². The van der Waals surface area contributed by atoms with Crippen LogP contribution in [-0.4, -0.2) is 35.7 Å². The molecule has 1 fully saturated rings. The molecule has 4 rings (SSSR count). The van der Waals surface area contributed by atoms with E-state index in [9.17, 15) is 14.7 Å². The Hall–Kier alpha value is -2.14. The van der Waals surface area contributed by atoms with E-state index in [0.717, 1.165) is 24.1 Å². The van der Waals surface area contributed by atoms with Crippen molar-refractivity contribution in [2.75, 3.05) is 11.4 Å². The predicted molar refractivity (Wildman–Crippen MR) is 84.3 cm³/mol. The molecule has 0 spiro atoms. The molecule has 1 N–H and O–H groups in total. The van der Waals surface area contributed by atoms with E-state index in [0.29, 0.717) is 6.54 Å². The van der Waals surface area contributed by atoms with Crippen molar-refractivity contribution in [1.29, 1.82) is 0 Å². The van der Waals surface area contributed by atoms with Crippen LogP contribution in [0, 0.1) is 18.8 Å². The van der Waals surface area contributed by atoms with Gasteiger partial charge in [0.15, 0.2) is 0 Å². The summed E-state index contributed by atoms with van der Waals surface area (Å²) in [6, 6.07) is 6.08. The number of carbonyl (C=O) groups is 2. The second kappa shape index (κ2) is 5.20. The SMILES string of the molecule is Cc1ccc2c(c1)CCCN2C(=O)[C@@H]1[C@H](C(=O)O)[C@H]2C=C[C@H]1O2. The molecular weight excluding hydrogens is 294 g/mol. The van der Waals surface area contributed by atoms with Gasteiger partial charge in [0.05, 0.1) is 18.1 Å². The molecule has 1 saturated heterocycles. The lowest BCUT2D eigenvalue weighted by molar-refractivity contribution is -0.146. The lowest BCUT2D eigenvalue weighted by Crippen LogP contribution is -2.46. The van der Waals surface area contributed by atoms with E-state index in [2.05, 4.69) is 6.07 Å². The van der Waals surface area contributed by atoms with Crippen molar-refractivity contribution >= 4 is 17.6 Å². The maximum atomic E-state index is 13.1. The van der Waals surface area contributed by atoms with E-state index in [1.54, 1.807) is 11.0 Å². The van der Waals surface area contributed by atoms with Gasteiger partial charge in [-0.15, -0.1) is 0 Å². The molecule has 5 nitrogen and oxygen atoms in total. The zero-order valence-electron chi connectivity index (χ0n) is 12.9. The lowest BCUT2D eigenvalue weighted by Gasteiger charge is -2.33. The van der Waals surface area contributed by atoms with Gasteiger partial charge in [0.2, 0.25) is 5.91 Å². The Balaban J connectivity index is 1.68. The molecule has 3 aliphatic heterocycles. The number of aliphatic carboxylic acids is 1. The number of hydrogen-bond acceptors (Lipinski definition) is 3. The smallest absolute Gasteiger partial charge is 0.310 e. The highest BCUT2D eigenvalue weighted by Crippen LogP contribution is 2.41. The number of aryl methyl sites for hydroxylation is 2. The second-order valence-electron chi connectivity index (χ2n) is 6.57. The summed E-state index contributed by atoms with van der Waals surface area (Å²) >= 11 is 0. The summed E-state index contributed by atoms with van der Waals surface area (Å²) in [5.41, 5.74) is 3.26. The van der Waals surface area contributed by atoms with Gasteiger partial charge in [-0.2, -0.15) is 0 Å². The molecule has 0 aromatic heterocycles. The Kier molecular flexibility index (Phi) is 3.27. The number of ether oxygens (including phenoxy) is 1. The van der Waals surface area contributed by atoms with Crippen LogP contribution < -0.4 is 4.90 Å². The van der Waals surface area contributed by atoms with Crippen LogP contribution in [0.5, 0.6) is 0 Å². The number of carbonyl (C=O) groups excluding carboxylic acids is 1. The average molecular weight is 313 g/mol. The van der Waals surface area contributed by atoms with Crippen LogP contribution >= 0.6 is 0 Å². The number of amides is 1. The number of hydrogen-bond donors (Lipinski definition) is 1. The monoisotopic (exact) mass is 313 g/mol. The molecule has 1 aromatic carbocycles.